The maximum atomic E-state index is 11.5. The van der Waals surface area contributed by atoms with Crippen LogP contribution in [0.25, 0.3) is 0 Å². The summed E-state index contributed by atoms with van der Waals surface area (Å²) in [5.41, 5.74) is 1.06. The van der Waals surface area contributed by atoms with E-state index >= 15 is 0 Å². The Morgan fingerprint density at radius 2 is 1.93 bits per heavy atom. The van der Waals surface area contributed by atoms with Crippen LogP contribution >= 0.6 is 0 Å². The first-order chi connectivity index (χ1) is 7.27. The zero-order chi connectivity index (χ0) is 10.7. The number of aliphatic hydroxyl groups excluding tert-OH is 1. The average Bonchev–Trinajstić information content (AvgIpc) is 2.25. The number of aliphatic hydroxyl groups is 1. The Bertz CT molecular complexity index is 415. The molecule has 1 aliphatic rings. The Labute approximate surface area is 88.6 Å². The van der Waals surface area contributed by atoms with E-state index in [1.54, 1.807) is 12.2 Å². The van der Waals surface area contributed by atoms with Crippen LogP contribution in [0.2, 0.25) is 0 Å². The summed E-state index contributed by atoms with van der Waals surface area (Å²) >= 11 is 0. The average molecular weight is 200 g/mol. The maximum absolute atomic E-state index is 11.5. The fourth-order valence-corrected chi connectivity index (χ4v) is 1.67. The zero-order valence-corrected chi connectivity index (χ0v) is 8.26. The van der Waals surface area contributed by atoms with Crippen LogP contribution in [-0.4, -0.2) is 10.9 Å². The molecule has 0 saturated heterocycles. The van der Waals surface area contributed by atoms with Gasteiger partial charge in [0, 0.05) is 0 Å². The van der Waals surface area contributed by atoms with Gasteiger partial charge in [0.2, 0.25) is 0 Å². The van der Waals surface area contributed by atoms with E-state index in [0.29, 0.717) is 6.42 Å². The van der Waals surface area contributed by atoms with Gasteiger partial charge in [-0.05, 0) is 24.1 Å². The number of hydrogen-bond acceptors (Lipinski definition) is 2. The first-order valence-electron chi connectivity index (χ1n) is 4.92. The van der Waals surface area contributed by atoms with Crippen molar-refractivity contribution in [1.29, 1.82) is 0 Å². The molecule has 2 nitrogen and oxygen atoms in total. The monoisotopic (exact) mass is 200 g/mol. The highest BCUT2D eigenvalue weighted by molar-refractivity contribution is 5.95. The predicted molar refractivity (Wildman–Crippen MR) is 58.5 cm³/mol. The SMILES string of the molecule is O=C1C=CC=C(O)C1Cc1ccccc1. The van der Waals surface area contributed by atoms with Crippen molar-refractivity contribution in [1.82, 2.24) is 0 Å². The van der Waals surface area contributed by atoms with Gasteiger partial charge in [-0.3, -0.25) is 4.79 Å². The zero-order valence-electron chi connectivity index (χ0n) is 8.26. The van der Waals surface area contributed by atoms with Crippen molar-refractivity contribution in [3.8, 4) is 0 Å². The highest BCUT2D eigenvalue weighted by Crippen LogP contribution is 2.20. The van der Waals surface area contributed by atoms with E-state index in [1.807, 2.05) is 30.3 Å². The molecule has 0 fully saturated rings. The van der Waals surface area contributed by atoms with Gasteiger partial charge >= 0.3 is 0 Å². The van der Waals surface area contributed by atoms with E-state index in [0.717, 1.165) is 5.56 Å². The molecule has 15 heavy (non-hydrogen) atoms. The van der Waals surface area contributed by atoms with E-state index in [4.69, 9.17) is 0 Å². The first kappa shape index (κ1) is 9.71. The summed E-state index contributed by atoms with van der Waals surface area (Å²) in [6.45, 7) is 0. The summed E-state index contributed by atoms with van der Waals surface area (Å²) in [5, 5.41) is 9.59. The molecule has 0 amide bonds. The normalized spacial score (nSPS) is 20.1. The second-order valence-corrected chi connectivity index (χ2v) is 3.60. The molecule has 0 bridgehead atoms. The van der Waals surface area contributed by atoms with E-state index in [9.17, 15) is 9.90 Å². The molecule has 1 unspecified atom stereocenters. The third-order valence-electron chi connectivity index (χ3n) is 2.51. The van der Waals surface area contributed by atoms with Crippen molar-refractivity contribution < 1.29 is 9.90 Å². The molecule has 2 rings (SSSR count). The van der Waals surface area contributed by atoms with Crippen LogP contribution < -0.4 is 0 Å². The Morgan fingerprint density at radius 3 is 2.60 bits per heavy atom. The Kier molecular flexibility index (Phi) is 2.68. The molecule has 1 N–H and O–H groups in total. The van der Waals surface area contributed by atoms with Crippen molar-refractivity contribution >= 4 is 5.78 Å². The van der Waals surface area contributed by atoms with Gasteiger partial charge < -0.3 is 5.11 Å². The van der Waals surface area contributed by atoms with Gasteiger partial charge in [-0.25, -0.2) is 0 Å². The maximum Gasteiger partial charge on any atom is 0.166 e. The third-order valence-corrected chi connectivity index (χ3v) is 2.51. The molecule has 0 saturated carbocycles. The van der Waals surface area contributed by atoms with Gasteiger partial charge in [0.05, 0.1) is 5.92 Å². The molecule has 0 heterocycles. The lowest BCUT2D eigenvalue weighted by Gasteiger charge is -2.15. The molecule has 1 aromatic carbocycles. The van der Waals surface area contributed by atoms with Gasteiger partial charge in [-0.1, -0.05) is 36.4 Å². The van der Waals surface area contributed by atoms with Crippen molar-refractivity contribution in [3.63, 3.8) is 0 Å². The minimum atomic E-state index is -0.405. The molecule has 1 aliphatic carbocycles. The number of carbonyl (C=O) groups is 1. The van der Waals surface area contributed by atoms with Crippen LogP contribution in [0.4, 0.5) is 0 Å². The Morgan fingerprint density at radius 1 is 1.20 bits per heavy atom. The molecular formula is C13H12O2. The summed E-state index contributed by atoms with van der Waals surface area (Å²) in [4.78, 5) is 11.5. The summed E-state index contributed by atoms with van der Waals surface area (Å²) in [6, 6.07) is 9.71. The lowest BCUT2D eigenvalue weighted by molar-refractivity contribution is -0.118. The molecule has 0 radical (unpaired) electrons. The fourth-order valence-electron chi connectivity index (χ4n) is 1.67. The smallest absolute Gasteiger partial charge is 0.166 e. The number of allylic oxidation sites excluding steroid dienone is 4. The lowest BCUT2D eigenvalue weighted by Crippen LogP contribution is -2.19. The standard InChI is InChI=1S/C13H12O2/c14-12-7-4-8-13(15)11(12)9-10-5-2-1-3-6-10/h1-8,11,14H,9H2. The minimum absolute atomic E-state index is 0.0288. The van der Waals surface area contributed by atoms with Gasteiger partial charge in [0.25, 0.3) is 0 Å². The minimum Gasteiger partial charge on any atom is -0.512 e. The number of hydrogen-bond donors (Lipinski definition) is 1. The summed E-state index contributed by atoms with van der Waals surface area (Å²) in [7, 11) is 0. The van der Waals surface area contributed by atoms with Crippen molar-refractivity contribution in [2.75, 3.05) is 0 Å². The molecule has 76 valence electrons. The van der Waals surface area contributed by atoms with Crippen LogP contribution in [0, 0.1) is 5.92 Å². The molecule has 0 aromatic heterocycles. The van der Waals surface area contributed by atoms with E-state index in [2.05, 4.69) is 0 Å². The Hall–Kier alpha value is -1.83. The molecule has 1 aromatic rings. The van der Waals surface area contributed by atoms with Crippen molar-refractivity contribution in [3.05, 3.63) is 59.9 Å². The highest BCUT2D eigenvalue weighted by atomic mass is 16.3. The van der Waals surface area contributed by atoms with Gasteiger partial charge in [-0.2, -0.15) is 0 Å². The van der Waals surface area contributed by atoms with Crippen LogP contribution in [0.5, 0.6) is 0 Å². The van der Waals surface area contributed by atoms with Crippen LogP contribution in [0.15, 0.2) is 54.3 Å². The molecule has 0 spiro atoms. The Balaban J connectivity index is 2.16. The number of ketones is 1. The second kappa shape index (κ2) is 4.13. The van der Waals surface area contributed by atoms with E-state index < -0.39 is 5.92 Å². The van der Waals surface area contributed by atoms with Crippen LogP contribution in [0.1, 0.15) is 5.56 Å². The quantitative estimate of drug-likeness (QED) is 0.796. The summed E-state index contributed by atoms with van der Waals surface area (Å²) in [5.74, 6) is -0.275. The topological polar surface area (TPSA) is 37.3 Å². The highest BCUT2D eigenvalue weighted by Gasteiger charge is 2.22. The molecule has 2 heteroatoms. The molecular weight excluding hydrogens is 188 g/mol. The number of rotatable bonds is 2. The van der Waals surface area contributed by atoms with Crippen LogP contribution in [-0.2, 0) is 11.2 Å². The second-order valence-electron chi connectivity index (χ2n) is 3.60. The fraction of sp³-hybridized carbons (Fsp3) is 0.154. The van der Waals surface area contributed by atoms with Crippen molar-refractivity contribution in [2.24, 2.45) is 5.92 Å². The molecule has 0 aliphatic heterocycles. The van der Waals surface area contributed by atoms with Gasteiger partial charge in [0.1, 0.15) is 5.76 Å². The first-order valence-corrected chi connectivity index (χ1v) is 4.92. The summed E-state index contributed by atoms with van der Waals surface area (Å²) < 4.78 is 0. The third kappa shape index (κ3) is 2.15. The number of benzene rings is 1. The lowest BCUT2D eigenvalue weighted by atomic mass is 9.90. The van der Waals surface area contributed by atoms with E-state index in [-0.39, 0.29) is 11.5 Å². The van der Waals surface area contributed by atoms with Crippen LogP contribution in [0.3, 0.4) is 0 Å². The summed E-state index contributed by atoms with van der Waals surface area (Å²) in [6.07, 6.45) is 5.23. The number of carbonyl (C=O) groups excluding carboxylic acids is 1. The predicted octanol–water partition coefficient (Wildman–Crippen LogP) is 2.43. The van der Waals surface area contributed by atoms with E-state index in [1.165, 1.54) is 6.08 Å². The largest absolute Gasteiger partial charge is 0.512 e. The molecule has 1 atom stereocenters. The van der Waals surface area contributed by atoms with Gasteiger partial charge in [-0.15, -0.1) is 0 Å². The van der Waals surface area contributed by atoms with Gasteiger partial charge in [0.15, 0.2) is 5.78 Å². The van der Waals surface area contributed by atoms with Crippen molar-refractivity contribution in [2.45, 2.75) is 6.42 Å².